The number of aliphatic hydroxyl groups is 1. The van der Waals surface area contributed by atoms with Crippen LogP contribution in [-0.2, 0) is 17.6 Å². The van der Waals surface area contributed by atoms with Gasteiger partial charge in [0.25, 0.3) is 0 Å². The zero-order chi connectivity index (χ0) is 22.9. The third-order valence-electron chi connectivity index (χ3n) is 7.53. The highest BCUT2D eigenvalue weighted by molar-refractivity contribution is 5.86. The summed E-state index contributed by atoms with van der Waals surface area (Å²) in [5, 5.41) is 23.5. The summed E-state index contributed by atoms with van der Waals surface area (Å²) in [7, 11) is 0. The molecule has 2 aromatic carbocycles. The van der Waals surface area contributed by atoms with Gasteiger partial charge < -0.3 is 20.1 Å². The van der Waals surface area contributed by atoms with Crippen LogP contribution in [0.5, 0.6) is 0 Å². The van der Waals surface area contributed by atoms with Gasteiger partial charge in [-0.05, 0) is 62.6 Å². The fraction of sp³-hybridized carbons (Fsp3) is 0.481. The lowest BCUT2D eigenvalue weighted by Crippen LogP contribution is -2.24. The fourth-order valence-corrected chi connectivity index (χ4v) is 5.78. The largest absolute Gasteiger partial charge is 0.481 e. The number of aryl methyl sites for hydroxylation is 1. The number of hydrogen-bond acceptors (Lipinski definition) is 4. The van der Waals surface area contributed by atoms with Crippen LogP contribution in [0.25, 0.3) is 11.0 Å². The highest BCUT2D eigenvalue weighted by Crippen LogP contribution is 2.39. The molecular weight excluding hydrogens is 414 g/mol. The summed E-state index contributed by atoms with van der Waals surface area (Å²) in [6.45, 7) is 2.41. The van der Waals surface area contributed by atoms with E-state index in [1.54, 1.807) is 0 Å². The van der Waals surface area contributed by atoms with Crippen molar-refractivity contribution in [2.75, 3.05) is 11.9 Å². The molecule has 0 spiro atoms. The van der Waals surface area contributed by atoms with Crippen LogP contribution < -0.4 is 5.32 Å². The van der Waals surface area contributed by atoms with Gasteiger partial charge in [-0.1, -0.05) is 36.8 Å². The summed E-state index contributed by atoms with van der Waals surface area (Å²) in [6.07, 6.45) is 6.45. The summed E-state index contributed by atoms with van der Waals surface area (Å²) in [5.41, 5.74) is 5.29. The highest BCUT2D eigenvalue weighted by atomic mass is 16.4. The van der Waals surface area contributed by atoms with Crippen LogP contribution in [0, 0.1) is 5.92 Å². The van der Waals surface area contributed by atoms with Crippen molar-refractivity contribution in [3.05, 3.63) is 59.4 Å². The molecule has 1 aliphatic heterocycles. The lowest BCUT2D eigenvalue weighted by molar-refractivity contribution is -0.138. The van der Waals surface area contributed by atoms with E-state index in [-0.39, 0.29) is 12.6 Å². The molecule has 5 rings (SSSR count). The molecular formula is C27H33N3O3. The van der Waals surface area contributed by atoms with E-state index in [0.29, 0.717) is 18.4 Å². The Kier molecular flexibility index (Phi) is 6.11. The van der Waals surface area contributed by atoms with Gasteiger partial charge in [0.05, 0.1) is 17.0 Å². The Morgan fingerprint density at radius 3 is 2.76 bits per heavy atom. The molecule has 0 amide bonds. The van der Waals surface area contributed by atoms with Crippen LogP contribution in [-0.4, -0.2) is 38.4 Å². The predicted octanol–water partition coefficient (Wildman–Crippen LogP) is 4.92. The van der Waals surface area contributed by atoms with Crippen LogP contribution in [0.1, 0.15) is 67.9 Å². The number of fused-ring (bicyclic) bond motifs is 3. The number of benzene rings is 2. The zero-order valence-electron chi connectivity index (χ0n) is 19.2. The van der Waals surface area contributed by atoms with Crippen LogP contribution >= 0.6 is 0 Å². The molecule has 1 fully saturated rings. The first-order valence-electron chi connectivity index (χ1n) is 12.2. The molecule has 6 nitrogen and oxygen atoms in total. The van der Waals surface area contributed by atoms with Crippen LogP contribution in [0.4, 0.5) is 5.69 Å². The average Bonchev–Trinajstić information content (AvgIpc) is 3.21. The van der Waals surface area contributed by atoms with E-state index in [9.17, 15) is 15.0 Å². The predicted molar refractivity (Wildman–Crippen MR) is 130 cm³/mol. The molecule has 6 heteroatoms. The van der Waals surface area contributed by atoms with Gasteiger partial charge in [-0.2, -0.15) is 0 Å². The Labute approximate surface area is 194 Å². The van der Waals surface area contributed by atoms with E-state index in [0.717, 1.165) is 66.6 Å². The summed E-state index contributed by atoms with van der Waals surface area (Å²) in [6, 6.07) is 14.5. The van der Waals surface area contributed by atoms with Crippen molar-refractivity contribution in [2.45, 2.75) is 69.9 Å². The molecule has 1 saturated carbocycles. The molecule has 2 aliphatic rings. The topological polar surface area (TPSA) is 87.4 Å². The molecule has 4 atom stereocenters. The van der Waals surface area contributed by atoms with Crippen molar-refractivity contribution >= 4 is 22.7 Å². The van der Waals surface area contributed by atoms with Gasteiger partial charge in [0, 0.05) is 36.4 Å². The number of carboxylic acids is 1. The standard InChI is InChI=1S/C27H33N3O3/c1-17-10-11-21-23(28-17)12-13-24-26(21)29-25(30(24)20-9-5-6-18(14-20)16-31)15-22(27(32)33)19-7-3-2-4-8-19/h2-4,7-8,12-13,17-18,20,22,28,31H,5-6,9-11,14-16H2,1H3,(H,32,33)/t17-,18+,20+,22?/m0/s1. The summed E-state index contributed by atoms with van der Waals surface area (Å²) < 4.78 is 2.31. The first kappa shape index (κ1) is 22.0. The number of aromatic nitrogens is 2. The molecule has 174 valence electrons. The number of anilines is 1. The average molecular weight is 448 g/mol. The van der Waals surface area contributed by atoms with Gasteiger partial charge in [-0.3, -0.25) is 4.79 Å². The first-order chi connectivity index (χ1) is 16.0. The number of rotatable bonds is 6. The molecule has 1 unspecified atom stereocenters. The van der Waals surface area contributed by atoms with Gasteiger partial charge in [0.2, 0.25) is 0 Å². The maximum absolute atomic E-state index is 12.3. The maximum atomic E-state index is 12.3. The van der Waals surface area contributed by atoms with E-state index in [4.69, 9.17) is 4.98 Å². The maximum Gasteiger partial charge on any atom is 0.311 e. The van der Waals surface area contributed by atoms with Crippen molar-refractivity contribution in [3.8, 4) is 0 Å². The molecule has 0 radical (unpaired) electrons. The van der Waals surface area contributed by atoms with Gasteiger partial charge >= 0.3 is 5.97 Å². The smallest absolute Gasteiger partial charge is 0.311 e. The second-order valence-electron chi connectivity index (χ2n) is 9.82. The van der Waals surface area contributed by atoms with Gasteiger partial charge in [-0.15, -0.1) is 0 Å². The lowest BCUT2D eigenvalue weighted by Gasteiger charge is -2.31. The monoisotopic (exact) mass is 447 g/mol. The van der Waals surface area contributed by atoms with E-state index in [2.05, 4.69) is 28.9 Å². The second-order valence-corrected chi connectivity index (χ2v) is 9.82. The number of carboxylic acid groups (broad SMARTS) is 1. The summed E-state index contributed by atoms with van der Waals surface area (Å²) >= 11 is 0. The van der Waals surface area contributed by atoms with Crippen molar-refractivity contribution in [1.29, 1.82) is 0 Å². The number of aliphatic carboxylic acids is 1. The SMILES string of the molecule is C[C@H]1CCc2c(ccc3c2nc(CC(C(=O)O)c2ccccc2)n3[C@@H]2CCC[C@@H](CO)C2)N1. The molecule has 1 aliphatic carbocycles. The second kappa shape index (κ2) is 9.18. The Bertz CT molecular complexity index is 1140. The number of aliphatic hydroxyl groups excluding tert-OH is 1. The Morgan fingerprint density at radius 1 is 1.18 bits per heavy atom. The molecule has 1 aromatic heterocycles. The lowest BCUT2D eigenvalue weighted by atomic mass is 9.85. The molecule has 33 heavy (non-hydrogen) atoms. The fourth-order valence-electron chi connectivity index (χ4n) is 5.78. The minimum atomic E-state index is -0.825. The normalized spacial score (nSPS) is 23.6. The number of nitrogens with one attached hydrogen (secondary N) is 1. The van der Waals surface area contributed by atoms with Gasteiger partial charge in [-0.25, -0.2) is 4.98 Å². The quantitative estimate of drug-likeness (QED) is 0.499. The van der Waals surface area contributed by atoms with E-state index >= 15 is 0 Å². The van der Waals surface area contributed by atoms with E-state index in [1.807, 2.05) is 30.3 Å². The Morgan fingerprint density at radius 2 is 2.00 bits per heavy atom. The number of imidazole rings is 1. The van der Waals surface area contributed by atoms with Crippen molar-refractivity contribution in [2.24, 2.45) is 5.92 Å². The molecule has 3 N–H and O–H groups in total. The number of hydrogen-bond donors (Lipinski definition) is 3. The summed E-state index contributed by atoms with van der Waals surface area (Å²) in [4.78, 5) is 17.4. The Balaban J connectivity index is 1.62. The third-order valence-corrected chi connectivity index (χ3v) is 7.53. The first-order valence-corrected chi connectivity index (χ1v) is 12.2. The van der Waals surface area contributed by atoms with Crippen molar-refractivity contribution < 1.29 is 15.0 Å². The molecule has 3 aromatic rings. The number of nitrogens with zero attached hydrogens (tertiary/aromatic N) is 2. The number of carbonyl (C=O) groups is 1. The van der Waals surface area contributed by atoms with Crippen LogP contribution in [0.3, 0.4) is 0 Å². The van der Waals surface area contributed by atoms with E-state index < -0.39 is 11.9 Å². The Hall–Kier alpha value is -2.86. The highest BCUT2D eigenvalue weighted by Gasteiger charge is 2.30. The van der Waals surface area contributed by atoms with Crippen molar-refractivity contribution in [1.82, 2.24) is 9.55 Å². The molecule has 0 saturated heterocycles. The minimum absolute atomic E-state index is 0.206. The zero-order valence-corrected chi connectivity index (χ0v) is 19.2. The summed E-state index contributed by atoms with van der Waals surface area (Å²) in [5.74, 6) is -0.336. The van der Waals surface area contributed by atoms with Gasteiger partial charge in [0.1, 0.15) is 5.82 Å². The molecule has 2 heterocycles. The minimum Gasteiger partial charge on any atom is -0.481 e. The van der Waals surface area contributed by atoms with Gasteiger partial charge in [0.15, 0.2) is 0 Å². The third kappa shape index (κ3) is 4.24. The van der Waals surface area contributed by atoms with Crippen LogP contribution in [0.2, 0.25) is 0 Å². The van der Waals surface area contributed by atoms with E-state index in [1.165, 1.54) is 5.56 Å². The molecule has 0 bridgehead atoms. The van der Waals surface area contributed by atoms with Crippen LogP contribution in [0.15, 0.2) is 42.5 Å². The van der Waals surface area contributed by atoms with Crippen molar-refractivity contribution in [3.63, 3.8) is 0 Å².